The molecule has 4 nitrogen and oxygen atoms in total. The maximum Gasteiger partial charge on any atom is 0.165 e. The first-order valence-electron chi connectivity index (χ1n) is 8.87. The Hall–Kier alpha value is -2.85. The molecule has 0 atom stereocenters. The van der Waals surface area contributed by atoms with E-state index in [-0.39, 0.29) is 5.75 Å². The van der Waals surface area contributed by atoms with Crippen LogP contribution in [0, 0.1) is 6.92 Å². The molecule has 2 aromatic carbocycles. The van der Waals surface area contributed by atoms with Crippen LogP contribution >= 0.6 is 0 Å². The third-order valence-electron chi connectivity index (χ3n) is 4.68. The van der Waals surface area contributed by atoms with Crippen molar-refractivity contribution in [2.75, 3.05) is 13.2 Å². The zero-order valence-corrected chi connectivity index (χ0v) is 14.9. The lowest BCUT2D eigenvalue weighted by molar-refractivity contribution is 0.217. The zero-order chi connectivity index (χ0) is 17.9. The highest BCUT2D eigenvalue weighted by Gasteiger charge is 2.20. The lowest BCUT2D eigenvalue weighted by atomic mass is 10.0. The van der Waals surface area contributed by atoms with Crippen LogP contribution in [-0.4, -0.2) is 28.1 Å². The molecule has 4 rings (SSSR count). The molecule has 0 unspecified atom stereocenters. The SMILES string of the molecule is Cc1ccc(CN2CCOc3c(O)cc(-c4ccccn4)cc3C2)cc1. The molecule has 0 saturated carbocycles. The van der Waals surface area contributed by atoms with Gasteiger partial charge in [0.15, 0.2) is 11.5 Å². The summed E-state index contributed by atoms with van der Waals surface area (Å²) in [5, 5.41) is 10.5. The Labute approximate surface area is 153 Å². The second-order valence-corrected chi connectivity index (χ2v) is 6.74. The summed E-state index contributed by atoms with van der Waals surface area (Å²) in [6.07, 6.45) is 1.76. The minimum atomic E-state index is 0.181. The number of hydrogen-bond acceptors (Lipinski definition) is 4. The van der Waals surface area contributed by atoms with Crippen LogP contribution in [0.3, 0.4) is 0 Å². The summed E-state index contributed by atoms with van der Waals surface area (Å²) >= 11 is 0. The molecule has 26 heavy (non-hydrogen) atoms. The molecule has 0 radical (unpaired) electrons. The van der Waals surface area contributed by atoms with Crippen LogP contribution in [0.2, 0.25) is 0 Å². The van der Waals surface area contributed by atoms with E-state index in [0.717, 1.165) is 36.5 Å². The predicted octanol–water partition coefficient (Wildman–Crippen LogP) is 4.16. The number of pyridine rings is 1. The molecule has 1 aliphatic heterocycles. The van der Waals surface area contributed by atoms with Crippen LogP contribution in [0.5, 0.6) is 11.5 Å². The van der Waals surface area contributed by atoms with Gasteiger partial charge in [-0.1, -0.05) is 35.9 Å². The largest absolute Gasteiger partial charge is 0.504 e. The summed E-state index contributed by atoms with van der Waals surface area (Å²) in [5.74, 6) is 0.774. The van der Waals surface area contributed by atoms with Gasteiger partial charge in [0.1, 0.15) is 6.61 Å². The Morgan fingerprint density at radius 2 is 1.96 bits per heavy atom. The first-order chi connectivity index (χ1) is 12.7. The molecule has 0 amide bonds. The molecule has 1 aliphatic rings. The molecule has 0 bridgehead atoms. The molecular formula is C22H22N2O2. The average Bonchev–Trinajstić information content (AvgIpc) is 2.86. The number of fused-ring (bicyclic) bond motifs is 1. The Morgan fingerprint density at radius 3 is 2.73 bits per heavy atom. The smallest absolute Gasteiger partial charge is 0.165 e. The van der Waals surface area contributed by atoms with E-state index in [1.165, 1.54) is 11.1 Å². The van der Waals surface area contributed by atoms with Crippen LogP contribution in [0.1, 0.15) is 16.7 Å². The van der Waals surface area contributed by atoms with Crippen molar-refractivity contribution in [3.8, 4) is 22.8 Å². The molecule has 2 heterocycles. The van der Waals surface area contributed by atoms with Crippen LogP contribution in [0.4, 0.5) is 0 Å². The number of aromatic hydroxyl groups is 1. The van der Waals surface area contributed by atoms with E-state index >= 15 is 0 Å². The summed E-state index contributed by atoms with van der Waals surface area (Å²) in [7, 11) is 0. The van der Waals surface area contributed by atoms with Gasteiger partial charge < -0.3 is 9.84 Å². The van der Waals surface area contributed by atoms with Crippen molar-refractivity contribution in [3.05, 3.63) is 77.5 Å². The van der Waals surface area contributed by atoms with E-state index in [2.05, 4.69) is 47.1 Å². The van der Waals surface area contributed by atoms with Crippen molar-refractivity contribution in [3.63, 3.8) is 0 Å². The minimum absolute atomic E-state index is 0.181. The number of phenols is 1. The molecule has 0 fully saturated rings. The van der Waals surface area contributed by atoms with Crippen LogP contribution in [0.25, 0.3) is 11.3 Å². The zero-order valence-electron chi connectivity index (χ0n) is 14.9. The number of phenolic OH excluding ortho intramolecular Hbond substituents is 1. The number of aryl methyl sites for hydroxylation is 1. The van der Waals surface area contributed by atoms with Gasteiger partial charge in [0.25, 0.3) is 0 Å². The fraction of sp³-hybridized carbons (Fsp3) is 0.227. The number of benzene rings is 2. The molecule has 0 spiro atoms. The molecule has 4 heteroatoms. The first kappa shape index (κ1) is 16.6. The van der Waals surface area contributed by atoms with Crippen molar-refractivity contribution in [1.82, 2.24) is 9.88 Å². The van der Waals surface area contributed by atoms with Crippen molar-refractivity contribution in [2.45, 2.75) is 20.0 Å². The lowest BCUT2D eigenvalue weighted by Crippen LogP contribution is -2.25. The number of hydrogen-bond donors (Lipinski definition) is 1. The van der Waals surface area contributed by atoms with Crippen molar-refractivity contribution in [2.24, 2.45) is 0 Å². The van der Waals surface area contributed by atoms with Gasteiger partial charge in [0.2, 0.25) is 0 Å². The second kappa shape index (κ2) is 7.18. The molecule has 0 saturated heterocycles. The average molecular weight is 346 g/mol. The quantitative estimate of drug-likeness (QED) is 0.774. The van der Waals surface area contributed by atoms with Gasteiger partial charge in [0.05, 0.1) is 5.69 Å². The van der Waals surface area contributed by atoms with Crippen LogP contribution in [0.15, 0.2) is 60.8 Å². The summed E-state index contributed by atoms with van der Waals surface area (Å²) in [6, 6.07) is 18.2. The van der Waals surface area contributed by atoms with Crippen LogP contribution < -0.4 is 4.74 Å². The molecule has 1 aromatic heterocycles. The second-order valence-electron chi connectivity index (χ2n) is 6.74. The van der Waals surface area contributed by atoms with Gasteiger partial charge in [-0.3, -0.25) is 9.88 Å². The third kappa shape index (κ3) is 3.55. The van der Waals surface area contributed by atoms with Gasteiger partial charge in [-0.15, -0.1) is 0 Å². The van der Waals surface area contributed by atoms with Gasteiger partial charge in [-0.25, -0.2) is 0 Å². The van der Waals surface area contributed by atoms with Gasteiger partial charge >= 0.3 is 0 Å². The highest BCUT2D eigenvalue weighted by atomic mass is 16.5. The monoisotopic (exact) mass is 346 g/mol. The topological polar surface area (TPSA) is 45.6 Å². The van der Waals surface area contributed by atoms with Crippen LogP contribution in [-0.2, 0) is 13.1 Å². The highest BCUT2D eigenvalue weighted by Crippen LogP contribution is 2.37. The van der Waals surface area contributed by atoms with E-state index < -0.39 is 0 Å². The molecule has 3 aromatic rings. The third-order valence-corrected chi connectivity index (χ3v) is 4.68. The maximum absolute atomic E-state index is 10.5. The standard InChI is InChI=1S/C22H22N2O2/c1-16-5-7-17(8-6-16)14-24-10-11-26-22-19(15-24)12-18(13-21(22)25)20-4-2-3-9-23-20/h2-9,12-13,25H,10-11,14-15H2,1H3. The Bertz CT molecular complexity index is 892. The number of nitrogens with zero attached hydrogens (tertiary/aromatic N) is 2. The molecule has 1 N–H and O–H groups in total. The van der Waals surface area contributed by atoms with E-state index in [1.807, 2.05) is 18.2 Å². The van der Waals surface area contributed by atoms with E-state index in [4.69, 9.17) is 4.74 Å². The molecular weight excluding hydrogens is 324 g/mol. The Kier molecular flexibility index (Phi) is 4.59. The molecule has 0 aliphatic carbocycles. The minimum Gasteiger partial charge on any atom is -0.504 e. The van der Waals surface area contributed by atoms with E-state index in [9.17, 15) is 5.11 Å². The highest BCUT2D eigenvalue weighted by molar-refractivity contribution is 5.66. The van der Waals surface area contributed by atoms with Gasteiger partial charge in [0, 0.05) is 37.0 Å². The maximum atomic E-state index is 10.5. The van der Waals surface area contributed by atoms with E-state index in [0.29, 0.717) is 12.4 Å². The van der Waals surface area contributed by atoms with Crippen molar-refractivity contribution in [1.29, 1.82) is 0 Å². The fourth-order valence-electron chi connectivity index (χ4n) is 3.32. The Morgan fingerprint density at radius 1 is 1.12 bits per heavy atom. The Balaban J connectivity index is 1.62. The molecule has 132 valence electrons. The lowest BCUT2D eigenvalue weighted by Gasteiger charge is -2.19. The van der Waals surface area contributed by atoms with E-state index in [1.54, 1.807) is 12.3 Å². The fourth-order valence-corrected chi connectivity index (χ4v) is 3.32. The number of ether oxygens (including phenoxy) is 1. The van der Waals surface area contributed by atoms with Crippen molar-refractivity contribution >= 4 is 0 Å². The summed E-state index contributed by atoms with van der Waals surface area (Å²) < 4.78 is 5.85. The van der Waals surface area contributed by atoms with Gasteiger partial charge in [-0.05, 0) is 36.8 Å². The number of rotatable bonds is 3. The van der Waals surface area contributed by atoms with Gasteiger partial charge in [-0.2, -0.15) is 0 Å². The van der Waals surface area contributed by atoms with Crippen molar-refractivity contribution < 1.29 is 9.84 Å². The first-order valence-corrected chi connectivity index (χ1v) is 8.87. The summed E-state index contributed by atoms with van der Waals surface area (Å²) in [6.45, 7) is 5.08. The summed E-state index contributed by atoms with van der Waals surface area (Å²) in [4.78, 5) is 6.74. The summed E-state index contributed by atoms with van der Waals surface area (Å²) in [5.41, 5.74) is 5.30. The normalized spacial score (nSPS) is 14.3. The predicted molar refractivity (Wildman–Crippen MR) is 102 cm³/mol. The number of aromatic nitrogens is 1.